The molecule has 3 heteroatoms. The largest absolute Gasteiger partial charge is 0.338 e. The van der Waals surface area contributed by atoms with Crippen LogP contribution in [0.3, 0.4) is 0 Å². The van der Waals surface area contributed by atoms with Gasteiger partial charge in [0.05, 0.1) is 0 Å². The van der Waals surface area contributed by atoms with Gasteiger partial charge < -0.3 is 9.88 Å². The number of hydrogen-bond donors (Lipinski definition) is 1. The maximum atomic E-state index is 4.47. The SMILES string of the molecule is CCNC1CCCC(c2nccn2C)C1. The molecule has 0 saturated heterocycles. The molecule has 0 aromatic carbocycles. The average molecular weight is 207 g/mol. The van der Waals surface area contributed by atoms with E-state index in [1.54, 1.807) is 0 Å². The quantitative estimate of drug-likeness (QED) is 0.822. The number of rotatable bonds is 3. The Hall–Kier alpha value is -0.830. The molecule has 2 rings (SSSR count). The fourth-order valence-corrected chi connectivity index (χ4v) is 2.67. The molecule has 1 aliphatic rings. The zero-order chi connectivity index (χ0) is 10.7. The summed E-state index contributed by atoms with van der Waals surface area (Å²) in [6.07, 6.45) is 9.16. The predicted molar refractivity (Wildman–Crippen MR) is 61.9 cm³/mol. The second-order valence-corrected chi connectivity index (χ2v) is 4.51. The molecule has 15 heavy (non-hydrogen) atoms. The molecule has 1 N–H and O–H groups in total. The van der Waals surface area contributed by atoms with E-state index in [1.807, 2.05) is 12.4 Å². The van der Waals surface area contributed by atoms with Crippen molar-refractivity contribution >= 4 is 0 Å². The molecule has 0 amide bonds. The third-order valence-electron chi connectivity index (χ3n) is 3.39. The minimum Gasteiger partial charge on any atom is -0.338 e. The first-order valence-corrected chi connectivity index (χ1v) is 6.02. The number of nitrogens with zero attached hydrogens (tertiary/aromatic N) is 2. The number of hydrogen-bond acceptors (Lipinski definition) is 2. The Morgan fingerprint density at radius 2 is 2.40 bits per heavy atom. The van der Waals surface area contributed by atoms with Crippen LogP contribution in [0.2, 0.25) is 0 Å². The highest BCUT2D eigenvalue weighted by molar-refractivity contribution is 5.02. The first kappa shape index (κ1) is 10.7. The highest BCUT2D eigenvalue weighted by Crippen LogP contribution is 2.31. The van der Waals surface area contributed by atoms with Gasteiger partial charge in [0.25, 0.3) is 0 Å². The molecule has 3 nitrogen and oxygen atoms in total. The Bertz CT molecular complexity index is 304. The van der Waals surface area contributed by atoms with E-state index < -0.39 is 0 Å². The fourth-order valence-electron chi connectivity index (χ4n) is 2.67. The summed E-state index contributed by atoms with van der Waals surface area (Å²) >= 11 is 0. The standard InChI is InChI=1S/C12H21N3/c1-3-13-11-6-4-5-10(9-11)12-14-7-8-15(12)2/h7-8,10-11,13H,3-6,9H2,1-2H3. The number of imidazole rings is 1. The molecule has 84 valence electrons. The zero-order valence-electron chi connectivity index (χ0n) is 9.74. The highest BCUT2D eigenvalue weighted by atomic mass is 15.0. The van der Waals surface area contributed by atoms with Crippen molar-refractivity contribution in [1.82, 2.24) is 14.9 Å². The van der Waals surface area contributed by atoms with Crippen LogP contribution in [-0.4, -0.2) is 22.1 Å². The van der Waals surface area contributed by atoms with E-state index in [9.17, 15) is 0 Å². The summed E-state index contributed by atoms with van der Waals surface area (Å²) < 4.78 is 2.17. The topological polar surface area (TPSA) is 29.9 Å². The third kappa shape index (κ3) is 2.40. The van der Waals surface area contributed by atoms with Crippen molar-refractivity contribution in [1.29, 1.82) is 0 Å². The van der Waals surface area contributed by atoms with Gasteiger partial charge in [-0.2, -0.15) is 0 Å². The van der Waals surface area contributed by atoms with Crippen LogP contribution in [0.5, 0.6) is 0 Å². The van der Waals surface area contributed by atoms with Crippen LogP contribution in [0.15, 0.2) is 12.4 Å². The Morgan fingerprint density at radius 3 is 3.07 bits per heavy atom. The summed E-state index contributed by atoms with van der Waals surface area (Å²) in [7, 11) is 2.10. The van der Waals surface area contributed by atoms with Crippen molar-refractivity contribution in [2.45, 2.75) is 44.6 Å². The molecule has 0 aliphatic heterocycles. The molecule has 0 bridgehead atoms. The predicted octanol–water partition coefficient (Wildman–Crippen LogP) is 2.06. The smallest absolute Gasteiger partial charge is 0.111 e. The first-order chi connectivity index (χ1) is 7.31. The van der Waals surface area contributed by atoms with Crippen LogP contribution in [0, 0.1) is 0 Å². The lowest BCUT2D eigenvalue weighted by Crippen LogP contribution is -2.33. The molecular formula is C12H21N3. The minimum absolute atomic E-state index is 0.655. The maximum Gasteiger partial charge on any atom is 0.111 e. The van der Waals surface area contributed by atoms with Crippen molar-refractivity contribution in [3.63, 3.8) is 0 Å². The van der Waals surface area contributed by atoms with E-state index in [0.29, 0.717) is 12.0 Å². The summed E-state index contributed by atoms with van der Waals surface area (Å²) in [6.45, 7) is 3.27. The van der Waals surface area contributed by atoms with Gasteiger partial charge in [0.2, 0.25) is 0 Å². The first-order valence-electron chi connectivity index (χ1n) is 6.02. The zero-order valence-corrected chi connectivity index (χ0v) is 9.74. The molecule has 1 aliphatic carbocycles. The number of aromatic nitrogens is 2. The molecule has 1 aromatic heterocycles. The number of aryl methyl sites for hydroxylation is 1. The van der Waals surface area contributed by atoms with Gasteiger partial charge in [0, 0.05) is 31.4 Å². The van der Waals surface area contributed by atoms with Crippen LogP contribution < -0.4 is 5.32 Å². The van der Waals surface area contributed by atoms with E-state index in [1.165, 1.54) is 31.5 Å². The molecule has 1 heterocycles. The van der Waals surface area contributed by atoms with Gasteiger partial charge in [-0.15, -0.1) is 0 Å². The van der Waals surface area contributed by atoms with Gasteiger partial charge in [-0.05, 0) is 25.8 Å². The van der Waals surface area contributed by atoms with Crippen LogP contribution in [-0.2, 0) is 7.05 Å². The van der Waals surface area contributed by atoms with E-state index >= 15 is 0 Å². The molecule has 0 radical (unpaired) electrons. The highest BCUT2D eigenvalue weighted by Gasteiger charge is 2.24. The van der Waals surface area contributed by atoms with Gasteiger partial charge in [0.1, 0.15) is 5.82 Å². The molecule has 1 saturated carbocycles. The lowest BCUT2D eigenvalue weighted by Gasteiger charge is -2.29. The van der Waals surface area contributed by atoms with Crippen LogP contribution >= 0.6 is 0 Å². The van der Waals surface area contributed by atoms with Gasteiger partial charge >= 0.3 is 0 Å². The second kappa shape index (κ2) is 4.79. The summed E-state index contributed by atoms with van der Waals surface area (Å²) in [5.74, 6) is 1.92. The van der Waals surface area contributed by atoms with E-state index in [2.05, 4.69) is 28.8 Å². The fraction of sp³-hybridized carbons (Fsp3) is 0.750. The lowest BCUT2D eigenvalue weighted by molar-refractivity contribution is 0.333. The molecule has 2 unspecified atom stereocenters. The van der Waals surface area contributed by atoms with E-state index in [0.717, 1.165) is 6.54 Å². The molecule has 0 spiro atoms. The molecule has 2 atom stereocenters. The Kier molecular flexibility index (Phi) is 3.41. The van der Waals surface area contributed by atoms with Crippen molar-refractivity contribution in [3.05, 3.63) is 18.2 Å². The summed E-state index contributed by atoms with van der Waals surface area (Å²) in [5.41, 5.74) is 0. The van der Waals surface area contributed by atoms with Crippen LogP contribution in [0.4, 0.5) is 0 Å². The van der Waals surface area contributed by atoms with E-state index in [-0.39, 0.29) is 0 Å². The lowest BCUT2D eigenvalue weighted by atomic mass is 9.85. The normalized spacial score (nSPS) is 26.8. The van der Waals surface area contributed by atoms with Crippen molar-refractivity contribution in [2.75, 3.05) is 6.54 Å². The van der Waals surface area contributed by atoms with Gasteiger partial charge in [-0.3, -0.25) is 0 Å². The minimum atomic E-state index is 0.655. The summed E-state index contributed by atoms with van der Waals surface area (Å²) in [6, 6.07) is 0.699. The van der Waals surface area contributed by atoms with Crippen molar-refractivity contribution in [2.24, 2.45) is 7.05 Å². The summed E-state index contributed by atoms with van der Waals surface area (Å²) in [4.78, 5) is 4.47. The monoisotopic (exact) mass is 207 g/mol. The number of nitrogens with one attached hydrogen (secondary N) is 1. The molecule has 1 fully saturated rings. The average Bonchev–Trinajstić information content (AvgIpc) is 2.65. The third-order valence-corrected chi connectivity index (χ3v) is 3.39. The van der Waals surface area contributed by atoms with Gasteiger partial charge in [-0.25, -0.2) is 4.98 Å². The Balaban J connectivity index is 2.01. The van der Waals surface area contributed by atoms with Crippen LogP contribution in [0.1, 0.15) is 44.3 Å². The van der Waals surface area contributed by atoms with Crippen molar-refractivity contribution in [3.8, 4) is 0 Å². The molecule has 1 aromatic rings. The molecular weight excluding hydrogens is 186 g/mol. The summed E-state index contributed by atoms with van der Waals surface area (Å²) in [5, 5.41) is 3.56. The Labute approximate surface area is 91.9 Å². The Morgan fingerprint density at radius 1 is 1.53 bits per heavy atom. The van der Waals surface area contributed by atoms with Gasteiger partial charge in [0.15, 0.2) is 0 Å². The van der Waals surface area contributed by atoms with Gasteiger partial charge in [-0.1, -0.05) is 13.3 Å². The van der Waals surface area contributed by atoms with E-state index in [4.69, 9.17) is 0 Å². The maximum absolute atomic E-state index is 4.47. The van der Waals surface area contributed by atoms with Crippen LogP contribution in [0.25, 0.3) is 0 Å². The second-order valence-electron chi connectivity index (χ2n) is 4.51. The van der Waals surface area contributed by atoms with Crippen molar-refractivity contribution < 1.29 is 0 Å².